The summed E-state index contributed by atoms with van der Waals surface area (Å²) in [5, 5.41) is 5.81. The Hall–Kier alpha value is -3.90. The monoisotopic (exact) mass is 473 g/mol. The lowest BCUT2D eigenvalue weighted by molar-refractivity contribution is -0.138. The van der Waals surface area contributed by atoms with Crippen molar-refractivity contribution in [3.63, 3.8) is 0 Å². The molecule has 0 aromatic heterocycles. The van der Waals surface area contributed by atoms with Gasteiger partial charge in [-0.25, -0.2) is 0 Å². The van der Waals surface area contributed by atoms with Crippen molar-refractivity contribution in [3.8, 4) is 0 Å². The van der Waals surface area contributed by atoms with Gasteiger partial charge in [-0.05, 0) is 41.3 Å². The summed E-state index contributed by atoms with van der Waals surface area (Å²) in [4.78, 5) is 39.0. The first kappa shape index (κ1) is 23.3. The lowest BCUT2D eigenvalue weighted by atomic mass is 10.1. The van der Waals surface area contributed by atoms with E-state index in [2.05, 4.69) is 10.6 Å². The maximum absolute atomic E-state index is 12.8. The second kappa shape index (κ2) is 10.4. The van der Waals surface area contributed by atoms with E-state index < -0.39 is 11.8 Å². The molecular weight excluding hydrogens is 450 g/mol. The van der Waals surface area contributed by atoms with Gasteiger partial charge in [0.05, 0.1) is 6.54 Å². The highest BCUT2D eigenvalue weighted by atomic mass is 35.5. The first-order valence-corrected chi connectivity index (χ1v) is 11.4. The number of benzene rings is 3. The summed E-state index contributed by atoms with van der Waals surface area (Å²) in [5.74, 6) is -1.17. The van der Waals surface area contributed by atoms with Crippen LogP contribution in [0.1, 0.15) is 34.0 Å². The molecule has 6 nitrogen and oxygen atoms in total. The molecule has 172 valence electrons. The van der Waals surface area contributed by atoms with E-state index in [1.165, 1.54) is 0 Å². The topological polar surface area (TPSA) is 78.5 Å². The van der Waals surface area contributed by atoms with Gasteiger partial charge in [-0.1, -0.05) is 79.2 Å². The first-order chi connectivity index (χ1) is 16.5. The third kappa shape index (κ3) is 5.02. The first-order valence-electron chi connectivity index (χ1n) is 11.0. The zero-order valence-corrected chi connectivity index (χ0v) is 19.4. The SMILES string of the molecule is CCc1ccccc1NC(=O)c1ccc(CNC2=C(Cl)C(=O)N(Cc3ccccc3)C2=O)cc1. The van der Waals surface area contributed by atoms with Crippen molar-refractivity contribution >= 4 is 35.0 Å². The van der Waals surface area contributed by atoms with Crippen molar-refractivity contribution in [1.29, 1.82) is 0 Å². The molecule has 0 bridgehead atoms. The Balaban J connectivity index is 1.38. The third-order valence-corrected chi connectivity index (χ3v) is 5.98. The minimum Gasteiger partial charge on any atom is -0.375 e. The highest BCUT2D eigenvalue weighted by Gasteiger charge is 2.37. The Morgan fingerprint density at radius 3 is 2.24 bits per heavy atom. The van der Waals surface area contributed by atoms with Crippen LogP contribution in [-0.4, -0.2) is 22.6 Å². The summed E-state index contributed by atoms with van der Waals surface area (Å²) in [5.41, 5.74) is 4.15. The average molecular weight is 474 g/mol. The fourth-order valence-corrected chi connectivity index (χ4v) is 3.97. The smallest absolute Gasteiger partial charge is 0.278 e. The molecule has 0 saturated heterocycles. The number of hydrogen-bond acceptors (Lipinski definition) is 4. The number of carbonyl (C=O) groups excluding carboxylic acids is 3. The van der Waals surface area contributed by atoms with Gasteiger partial charge in [-0.3, -0.25) is 19.3 Å². The van der Waals surface area contributed by atoms with Crippen LogP contribution in [-0.2, 0) is 29.1 Å². The molecule has 3 amide bonds. The van der Waals surface area contributed by atoms with Gasteiger partial charge in [-0.2, -0.15) is 0 Å². The van der Waals surface area contributed by atoms with Crippen molar-refractivity contribution in [3.05, 3.63) is 112 Å². The van der Waals surface area contributed by atoms with Crippen LogP contribution in [0.3, 0.4) is 0 Å². The van der Waals surface area contributed by atoms with Gasteiger partial charge < -0.3 is 10.6 Å². The molecule has 7 heteroatoms. The van der Waals surface area contributed by atoms with E-state index in [1.54, 1.807) is 24.3 Å². The number of imide groups is 1. The van der Waals surface area contributed by atoms with E-state index >= 15 is 0 Å². The summed E-state index contributed by atoms with van der Waals surface area (Å²) in [6.45, 7) is 2.48. The molecular formula is C27H24ClN3O3. The molecule has 0 saturated carbocycles. The van der Waals surface area contributed by atoms with E-state index in [0.717, 1.165) is 33.7 Å². The average Bonchev–Trinajstić information content (AvgIpc) is 3.06. The fourth-order valence-electron chi connectivity index (χ4n) is 3.72. The highest BCUT2D eigenvalue weighted by Crippen LogP contribution is 2.24. The van der Waals surface area contributed by atoms with Crippen molar-refractivity contribution in [2.75, 3.05) is 5.32 Å². The standard InChI is InChI=1S/C27H24ClN3O3/c1-2-20-10-6-7-11-22(20)30-25(32)21-14-12-18(13-15-21)16-29-24-23(28)26(33)31(27(24)34)17-19-8-4-3-5-9-19/h3-15,29H,2,16-17H2,1H3,(H,30,32). The predicted octanol–water partition coefficient (Wildman–Crippen LogP) is 4.61. The van der Waals surface area contributed by atoms with Crippen LogP contribution in [0.25, 0.3) is 0 Å². The number of anilines is 1. The van der Waals surface area contributed by atoms with Gasteiger partial charge in [0.25, 0.3) is 17.7 Å². The fraction of sp³-hybridized carbons (Fsp3) is 0.148. The zero-order valence-electron chi connectivity index (χ0n) is 18.7. The van der Waals surface area contributed by atoms with E-state index in [0.29, 0.717) is 5.56 Å². The number of nitrogens with zero attached hydrogens (tertiary/aromatic N) is 1. The van der Waals surface area contributed by atoms with Gasteiger partial charge in [-0.15, -0.1) is 0 Å². The van der Waals surface area contributed by atoms with Crippen molar-refractivity contribution in [2.45, 2.75) is 26.4 Å². The predicted molar refractivity (Wildman–Crippen MR) is 132 cm³/mol. The van der Waals surface area contributed by atoms with Crippen LogP contribution >= 0.6 is 11.6 Å². The van der Waals surface area contributed by atoms with Crippen LogP contribution in [0.2, 0.25) is 0 Å². The second-order valence-corrected chi connectivity index (χ2v) is 8.26. The lowest BCUT2D eigenvalue weighted by Gasteiger charge is -2.15. The number of carbonyl (C=O) groups is 3. The molecule has 4 rings (SSSR count). The van der Waals surface area contributed by atoms with Crippen LogP contribution in [0.4, 0.5) is 5.69 Å². The molecule has 2 N–H and O–H groups in total. The van der Waals surface area contributed by atoms with Crippen LogP contribution in [0.15, 0.2) is 89.6 Å². The summed E-state index contributed by atoms with van der Waals surface area (Å²) in [6.07, 6.45) is 0.823. The molecule has 1 aliphatic heterocycles. The number of rotatable bonds is 8. The van der Waals surface area contributed by atoms with E-state index in [-0.39, 0.29) is 29.7 Å². The third-order valence-electron chi connectivity index (χ3n) is 5.63. The molecule has 0 spiro atoms. The molecule has 3 aromatic rings. The molecule has 1 aliphatic rings. The van der Waals surface area contributed by atoms with E-state index in [9.17, 15) is 14.4 Å². The van der Waals surface area contributed by atoms with Crippen molar-refractivity contribution in [1.82, 2.24) is 10.2 Å². The van der Waals surface area contributed by atoms with E-state index in [1.807, 2.05) is 61.5 Å². The molecule has 0 unspecified atom stereocenters. The summed E-state index contributed by atoms with van der Waals surface area (Å²) in [6, 6.07) is 24.0. The molecule has 34 heavy (non-hydrogen) atoms. The minimum atomic E-state index is -0.516. The van der Waals surface area contributed by atoms with Gasteiger partial charge in [0.1, 0.15) is 10.7 Å². The summed E-state index contributed by atoms with van der Waals surface area (Å²) < 4.78 is 0. The van der Waals surface area contributed by atoms with Crippen LogP contribution in [0.5, 0.6) is 0 Å². The molecule has 0 atom stereocenters. The molecule has 0 aliphatic carbocycles. The Labute approximate surface area is 203 Å². The van der Waals surface area contributed by atoms with Crippen molar-refractivity contribution in [2.24, 2.45) is 0 Å². The Morgan fingerprint density at radius 1 is 0.853 bits per heavy atom. The van der Waals surface area contributed by atoms with Crippen LogP contribution < -0.4 is 10.6 Å². The molecule has 0 fully saturated rings. The summed E-state index contributed by atoms with van der Waals surface area (Å²) in [7, 11) is 0. The van der Waals surface area contributed by atoms with E-state index in [4.69, 9.17) is 11.6 Å². The molecule has 1 heterocycles. The summed E-state index contributed by atoms with van der Waals surface area (Å²) >= 11 is 6.17. The number of nitrogens with one attached hydrogen (secondary N) is 2. The van der Waals surface area contributed by atoms with Crippen LogP contribution in [0, 0.1) is 0 Å². The second-order valence-electron chi connectivity index (χ2n) is 7.89. The zero-order chi connectivity index (χ0) is 24.1. The number of halogens is 1. The normalized spacial score (nSPS) is 13.4. The van der Waals surface area contributed by atoms with Gasteiger partial charge >= 0.3 is 0 Å². The number of hydrogen-bond donors (Lipinski definition) is 2. The number of aryl methyl sites for hydroxylation is 1. The Kier molecular flexibility index (Phi) is 7.09. The largest absolute Gasteiger partial charge is 0.375 e. The molecule has 3 aromatic carbocycles. The maximum Gasteiger partial charge on any atom is 0.278 e. The lowest BCUT2D eigenvalue weighted by Crippen LogP contribution is -2.33. The number of amides is 3. The van der Waals surface area contributed by atoms with Gasteiger partial charge in [0.15, 0.2) is 0 Å². The van der Waals surface area contributed by atoms with Gasteiger partial charge in [0.2, 0.25) is 0 Å². The highest BCUT2D eigenvalue weighted by molar-refractivity contribution is 6.47. The Bertz CT molecular complexity index is 1250. The Morgan fingerprint density at radius 2 is 1.53 bits per heavy atom. The number of para-hydroxylation sites is 1. The van der Waals surface area contributed by atoms with Crippen molar-refractivity contribution < 1.29 is 14.4 Å². The minimum absolute atomic E-state index is 0.0839. The quantitative estimate of drug-likeness (QED) is 0.468. The van der Waals surface area contributed by atoms with Gasteiger partial charge in [0, 0.05) is 17.8 Å². The molecule has 0 radical (unpaired) electrons. The maximum atomic E-state index is 12.8.